The molecule has 0 radical (unpaired) electrons. The number of carboxylic acids is 1. The molecule has 0 aromatic heterocycles. The van der Waals surface area contributed by atoms with Crippen LogP contribution in [0, 0.1) is 23.7 Å². The van der Waals surface area contributed by atoms with Crippen LogP contribution in [0.25, 0.3) is 0 Å². The van der Waals surface area contributed by atoms with Gasteiger partial charge in [-0.05, 0) is 41.4 Å². The van der Waals surface area contributed by atoms with Crippen LogP contribution < -0.4 is 15.2 Å². The second-order valence-electron chi connectivity index (χ2n) is 10.5. The quantitative estimate of drug-likeness (QED) is 0.180. The van der Waals surface area contributed by atoms with E-state index in [0.29, 0.717) is 5.56 Å². The second-order valence-corrected chi connectivity index (χ2v) is 10.5. The molecule has 12 nitrogen and oxygen atoms in total. The summed E-state index contributed by atoms with van der Waals surface area (Å²) in [4.78, 5) is 48.2. The molecule has 0 bridgehead atoms. The summed E-state index contributed by atoms with van der Waals surface area (Å²) in [7, 11) is 0. The molecule has 1 aromatic rings. The number of nitrogens with two attached hydrogens (primary N) is 1. The van der Waals surface area contributed by atoms with Gasteiger partial charge in [0.2, 0.25) is 0 Å². The minimum atomic E-state index is -1.42. The van der Waals surface area contributed by atoms with Gasteiger partial charge in [-0.15, -0.1) is 0 Å². The van der Waals surface area contributed by atoms with E-state index in [1.165, 1.54) is 18.2 Å². The number of carbonyl (C=O) groups excluding carboxylic acids is 3. The molecule has 2 unspecified atom stereocenters. The van der Waals surface area contributed by atoms with E-state index >= 15 is 0 Å². The standard InChI is InChI=1S/C27H41NO11/c1-15(2)11-34-25(31)37-14-18(7)22(23(28)24(29)30)19-8-9-20(38-26(32)35-12-16(3)4)21(10-19)39-27(33)36-13-17(5)6/h8-10,15-18,22-23H,11-14,28H2,1-7H3,(H,29,30)/t18?,22?,23-/m0/s1. The molecule has 0 heterocycles. The van der Waals surface area contributed by atoms with Gasteiger partial charge in [0.15, 0.2) is 11.5 Å². The minimum Gasteiger partial charge on any atom is -0.480 e. The third-order valence-corrected chi connectivity index (χ3v) is 5.09. The molecule has 0 saturated heterocycles. The van der Waals surface area contributed by atoms with Gasteiger partial charge in [-0.2, -0.15) is 0 Å². The van der Waals surface area contributed by atoms with Gasteiger partial charge in [0.25, 0.3) is 0 Å². The van der Waals surface area contributed by atoms with Crippen molar-refractivity contribution in [3.05, 3.63) is 23.8 Å². The van der Waals surface area contributed by atoms with Gasteiger partial charge in [-0.1, -0.05) is 54.5 Å². The van der Waals surface area contributed by atoms with Crippen molar-refractivity contribution < 1.29 is 52.7 Å². The Balaban J connectivity index is 3.28. The summed E-state index contributed by atoms with van der Waals surface area (Å²) in [6.45, 7) is 12.9. The maximum atomic E-state index is 12.3. The predicted molar refractivity (Wildman–Crippen MR) is 140 cm³/mol. The third-order valence-electron chi connectivity index (χ3n) is 5.09. The fourth-order valence-corrected chi connectivity index (χ4v) is 3.23. The molecular formula is C27H41NO11. The number of carboxylic acid groups (broad SMARTS) is 1. The molecule has 3 atom stereocenters. The van der Waals surface area contributed by atoms with E-state index in [-0.39, 0.29) is 55.7 Å². The first kappa shape index (κ1) is 33.5. The Morgan fingerprint density at radius 1 is 0.692 bits per heavy atom. The van der Waals surface area contributed by atoms with E-state index in [1.807, 2.05) is 41.5 Å². The van der Waals surface area contributed by atoms with Crippen LogP contribution in [0.2, 0.25) is 0 Å². The fraction of sp³-hybridized carbons (Fsp3) is 0.630. The zero-order chi connectivity index (χ0) is 29.7. The molecule has 1 aromatic carbocycles. The molecule has 39 heavy (non-hydrogen) atoms. The highest BCUT2D eigenvalue weighted by Crippen LogP contribution is 2.36. The maximum Gasteiger partial charge on any atom is 0.513 e. The average Bonchev–Trinajstić information content (AvgIpc) is 2.85. The van der Waals surface area contributed by atoms with Crippen molar-refractivity contribution in [1.29, 1.82) is 0 Å². The van der Waals surface area contributed by atoms with E-state index in [9.17, 15) is 24.3 Å². The SMILES string of the molecule is CC(C)COC(=O)OCC(C)C(c1ccc(OC(=O)OCC(C)C)c(OC(=O)OCC(C)C)c1)[C@H](N)C(=O)O. The number of carbonyl (C=O) groups is 4. The van der Waals surface area contributed by atoms with Crippen LogP contribution in [0.1, 0.15) is 59.9 Å². The molecular weight excluding hydrogens is 514 g/mol. The zero-order valence-electron chi connectivity index (χ0n) is 23.6. The van der Waals surface area contributed by atoms with Gasteiger partial charge in [-0.3, -0.25) is 4.79 Å². The van der Waals surface area contributed by atoms with Crippen LogP contribution in [-0.4, -0.2) is 62.0 Å². The molecule has 1 rings (SSSR count). The molecule has 12 heteroatoms. The Kier molecular flexibility index (Phi) is 14.1. The highest BCUT2D eigenvalue weighted by molar-refractivity contribution is 5.75. The Morgan fingerprint density at radius 3 is 1.59 bits per heavy atom. The molecule has 0 aliphatic rings. The third kappa shape index (κ3) is 12.7. The van der Waals surface area contributed by atoms with Crippen molar-refractivity contribution in [2.24, 2.45) is 29.4 Å². The lowest BCUT2D eigenvalue weighted by atomic mass is 9.82. The van der Waals surface area contributed by atoms with Gasteiger partial charge in [0.05, 0.1) is 26.4 Å². The summed E-state index contributed by atoms with van der Waals surface area (Å²) in [5.41, 5.74) is 6.33. The zero-order valence-corrected chi connectivity index (χ0v) is 23.6. The maximum absolute atomic E-state index is 12.3. The summed E-state index contributed by atoms with van der Waals surface area (Å²) >= 11 is 0. The van der Waals surface area contributed by atoms with Crippen LogP contribution in [-0.2, 0) is 23.7 Å². The number of benzene rings is 1. The Bertz CT molecular complexity index is 961. The lowest BCUT2D eigenvalue weighted by molar-refractivity contribution is -0.139. The van der Waals surface area contributed by atoms with Crippen molar-refractivity contribution >= 4 is 24.4 Å². The molecule has 3 N–H and O–H groups in total. The van der Waals surface area contributed by atoms with Crippen molar-refractivity contribution in [3.63, 3.8) is 0 Å². The van der Waals surface area contributed by atoms with E-state index in [0.717, 1.165) is 0 Å². The highest BCUT2D eigenvalue weighted by atomic mass is 16.7. The average molecular weight is 556 g/mol. The normalized spacial score (nSPS) is 13.4. The first-order chi connectivity index (χ1) is 18.2. The van der Waals surface area contributed by atoms with E-state index in [4.69, 9.17) is 34.2 Å². The van der Waals surface area contributed by atoms with Crippen molar-refractivity contribution in [2.75, 3.05) is 26.4 Å². The Hall–Kier alpha value is -3.54. The summed E-state index contributed by atoms with van der Waals surface area (Å²) in [6, 6.07) is 2.70. The minimum absolute atomic E-state index is 0.0386. The molecule has 0 aliphatic carbocycles. The lowest BCUT2D eigenvalue weighted by Crippen LogP contribution is -2.40. The van der Waals surface area contributed by atoms with Gasteiger partial charge >= 0.3 is 24.4 Å². The predicted octanol–water partition coefficient (Wildman–Crippen LogP) is 4.97. The molecule has 220 valence electrons. The van der Waals surface area contributed by atoms with Crippen LogP contribution in [0.4, 0.5) is 14.4 Å². The number of hydrogen-bond acceptors (Lipinski definition) is 11. The largest absolute Gasteiger partial charge is 0.513 e. The number of hydrogen-bond donors (Lipinski definition) is 2. The summed E-state index contributed by atoms with van der Waals surface area (Å²) in [5.74, 6) is -2.97. The lowest BCUT2D eigenvalue weighted by Gasteiger charge is -2.28. The highest BCUT2D eigenvalue weighted by Gasteiger charge is 2.33. The van der Waals surface area contributed by atoms with Crippen molar-refractivity contribution in [3.8, 4) is 11.5 Å². The van der Waals surface area contributed by atoms with Crippen LogP contribution in [0.5, 0.6) is 11.5 Å². The molecule has 0 spiro atoms. The summed E-state index contributed by atoms with van der Waals surface area (Å²) in [5, 5.41) is 9.65. The first-order valence-electron chi connectivity index (χ1n) is 12.8. The Labute approximate surface area is 229 Å². The molecule has 0 fully saturated rings. The number of rotatable bonds is 14. The van der Waals surface area contributed by atoms with Crippen LogP contribution in [0.3, 0.4) is 0 Å². The fourth-order valence-electron chi connectivity index (χ4n) is 3.23. The van der Waals surface area contributed by atoms with Crippen molar-refractivity contribution in [1.82, 2.24) is 0 Å². The molecule has 0 saturated carbocycles. The molecule has 0 aliphatic heterocycles. The number of ether oxygens (including phenoxy) is 6. The van der Waals surface area contributed by atoms with Crippen LogP contribution in [0.15, 0.2) is 18.2 Å². The van der Waals surface area contributed by atoms with Gasteiger partial charge < -0.3 is 39.3 Å². The smallest absolute Gasteiger partial charge is 0.480 e. The summed E-state index contributed by atoms with van der Waals surface area (Å²) in [6.07, 6.45) is -2.96. The van der Waals surface area contributed by atoms with E-state index in [1.54, 1.807) is 6.92 Å². The van der Waals surface area contributed by atoms with E-state index in [2.05, 4.69) is 0 Å². The second kappa shape index (κ2) is 16.4. The molecule has 0 amide bonds. The van der Waals surface area contributed by atoms with Gasteiger partial charge in [-0.25, -0.2) is 14.4 Å². The van der Waals surface area contributed by atoms with Crippen molar-refractivity contribution in [2.45, 2.75) is 60.4 Å². The van der Waals surface area contributed by atoms with Gasteiger partial charge in [0, 0.05) is 5.92 Å². The monoisotopic (exact) mass is 555 g/mol. The van der Waals surface area contributed by atoms with Gasteiger partial charge in [0.1, 0.15) is 6.04 Å². The topological polar surface area (TPSA) is 170 Å². The summed E-state index contributed by atoms with van der Waals surface area (Å²) < 4.78 is 30.8. The van der Waals surface area contributed by atoms with Crippen LogP contribution >= 0.6 is 0 Å². The first-order valence-corrected chi connectivity index (χ1v) is 12.8. The number of aliphatic carboxylic acids is 1. The van der Waals surface area contributed by atoms with E-state index < -0.39 is 42.3 Å². The Morgan fingerprint density at radius 2 is 1.13 bits per heavy atom.